The van der Waals surface area contributed by atoms with Crippen LogP contribution < -0.4 is 5.32 Å². The molecule has 0 spiro atoms. The molecule has 6 nitrogen and oxygen atoms in total. The fourth-order valence-electron chi connectivity index (χ4n) is 4.23. The second kappa shape index (κ2) is 7.61. The van der Waals surface area contributed by atoms with Crippen molar-refractivity contribution in [3.8, 4) is 0 Å². The highest BCUT2D eigenvalue weighted by Gasteiger charge is 2.28. The van der Waals surface area contributed by atoms with Crippen molar-refractivity contribution in [3.63, 3.8) is 0 Å². The van der Waals surface area contributed by atoms with Crippen LogP contribution >= 0.6 is 22.7 Å². The van der Waals surface area contributed by atoms with Gasteiger partial charge in [0.2, 0.25) is 0 Å². The standard InChI is InChI=1S/C20H24N4O2S3/c1-13-4-6-15-16(10-13)28-20-18(15)19(22-12-23-20)21-11-14-5-7-17(27-14)29(25,26)24-8-2-3-9-24/h5,7,12-13H,2-4,6,8-11H2,1H3,(H,21,22,23). The van der Waals surface area contributed by atoms with Crippen molar-refractivity contribution >= 4 is 48.7 Å². The lowest BCUT2D eigenvalue weighted by Crippen LogP contribution is -2.27. The van der Waals surface area contributed by atoms with Crippen LogP contribution in [-0.2, 0) is 29.4 Å². The van der Waals surface area contributed by atoms with Crippen molar-refractivity contribution < 1.29 is 8.42 Å². The van der Waals surface area contributed by atoms with E-state index in [4.69, 9.17) is 0 Å². The van der Waals surface area contributed by atoms with Gasteiger partial charge in [0.1, 0.15) is 21.2 Å². The Balaban J connectivity index is 1.37. The van der Waals surface area contributed by atoms with Gasteiger partial charge >= 0.3 is 0 Å². The molecule has 3 aromatic rings. The summed E-state index contributed by atoms with van der Waals surface area (Å²) in [4.78, 5) is 12.5. The number of hydrogen-bond acceptors (Lipinski definition) is 7. The lowest BCUT2D eigenvalue weighted by Gasteiger charge is -2.18. The molecule has 1 unspecified atom stereocenters. The number of nitrogens with zero attached hydrogens (tertiary/aromatic N) is 3. The highest BCUT2D eigenvalue weighted by Crippen LogP contribution is 2.39. The Kier molecular flexibility index (Phi) is 5.09. The van der Waals surface area contributed by atoms with Gasteiger partial charge in [-0.2, -0.15) is 4.31 Å². The minimum atomic E-state index is -3.34. The van der Waals surface area contributed by atoms with E-state index in [-0.39, 0.29) is 0 Å². The van der Waals surface area contributed by atoms with E-state index in [1.807, 2.05) is 6.07 Å². The molecule has 5 rings (SSSR count). The molecular weight excluding hydrogens is 424 g/mol. The molecule has 0 amide bonds. The molecule has 0 saturated carbocycles. The molecule has 0 radical (unpaired) electrons. The third kappa shape index (κ3) is 3.58. The number of aryl methyl sites for hydroxylation is 1. The molecule has 0 aromatic carbocycles. The summed E-state index contributed by atoms with van der Waals surface area (Å²) in [6, 6.07) is 3.64. The molecule has 1 fully saturated rings. The SMILES string of the molecule is CC1CCc2c(sc3ncnc(NCc4ccc(S(=O)(=O)N5CCCC5)s4)c23)C1. The summed E-state index contributed by atoms with van der Waals surface area (Å²) in [6.07, 6.45) is 6.93. The predicted octanol–water partition coefficient (Wildman–Crippen LogP) is 4.27. The Hall–Kier alpha value is -1.55. The monoisotopic (exact) mass is 448 g/mol. The van der Waals surface area contributed by atoms with Crippen LogP contribution in [0.3, 0.4) is 0 Å². The summed E-state index contributed by atoms with van der Waals surface area (Å²) in [7, 11) is -3.34. The van der Waals surface area contributed by atoms with Gasteiger partial charge in [0.05, 0.1) is 11.9 Å². The van der Waals surface area contributed by atoms with Crippen LogP contribution in [0.4, 0.5) is 5.82 Å². The summed E-state index contributed by atoms with van der Waals surface area (Å²) >= 11 is 3.14. The molecule has 4 heterocycles. The van der Waals surface area contributed by atoms with Crippen LogP contribution in [0, 0.1) is 5.92 Å². The van der Waals surface area contributed by atoms with E-state index in [0.29, 0.717) is 23.8 Å². The van der Waals surface area contributed by atoms with Crippen LogP contribution in [0.25, 0.3) is 10.2 Å². The predicted molar refractivity (Wildman–Crippen MR) is 118 cm³/mol. The summed E-state index contributed by atoms with van der Waals surface area (Å²) in [5.41, 5.74) is 1.40. The first-order valence-corrected chi connectivity index (χ1v) is 13.2. The number of nitrogens with one attached hydrogen (secondary N) is 1. The van der Waals surface area contributed by atoms with E-state index in [0.717, 1.165) is 52.5 Å². The minimum Gasteiger partial charge on any atom is -0.365 e. The van der Waals surface area contributed by atoms with Crippen LogP contribution in [0.5, 0.6) is 0 Å². The van der Waals surface area contributed by atoms with E-state index in [9.17, 15) is 8.42 Å². The molecule has 0 bridgehead atoms. The zero-order valence-electron chi connectivity index (χ0n) is 16.3. The molecular formula is C20H24N4O2S3. The van der Waals surface area contributed by atoms with Crippen molar-refractivity contribution in [2.75, 3.05) is 18.4 Å². The molecule has 1 aliphatic heterocycles. The van der Waals surface area contributed by atoms with Gasteiger partial charge in [-0.05, 0) is 55.7 Å². The zero-order chi connectivity index (χ0) is 20.0. The van der Waals surface area contributed by atoms with Crippen molar-refractivity contribution in [2.24, 2.45) is 5.92 Å². The van der Waals surface area contributed by atoms with Crippen LogP contribution in [0.1, 0.15) is 41.5 Å². The third-order valence-corrected chi connectivity index (χ3v) is 10.4. The van der Waals surface area contributed by atoms with E-state index in [2.05, 4.69) is 22.2 Å². The second-order valence-corrected chi connectivity index (χ2v) is 12.4. The van der Waals surface area contributed by atoms with Gasteiger partial charge in [-0.3, -0.25) is 0 Å². The van der Waals surface area contributed by atoms with Crippen LogP contribution in [0.15, 0.2) is 22.7 Å². The van der Waals surface area contributed by atoms with Gasteiger partial charge in [-0.15, -0.1) is 22.7 Å². The fraction of sp³-hybridized carbons (Fsp3) is 0.500. The average molecular weight is 449 g/mol. The normalized spacial score (nSPS) is 20.2. The van der Waals surface area contributed by atoms with E-state index in [1.165, 1.54) is 28.2 Å². The Labute approximate surface area is 179 Å². The maximum Gasteiger partial charge on any atom is 0.252 e. The lowest BCUT2D eigenvalue weighted by atomic mass is 9.89. The first kappa shape index (κ1) is 19.4. The van der Waals surface area contributed by atoms with Crippen molar-refractivity contribution in [1.29, 1.82) is 0 Å². The molecule has 1 saturated heterocycles. The molecule has 3 aromatic heterocycles. The van der Waals surface area contributed by atoms with Gasteiger partial charge in [0.15, 0.2) is 0 Å². The highest BCUT2D eigenvalue weighted by atomic mass is 32.2. The summed E-state index contributed by atoms with van der Waals surface area (Å²) < 4.78 is 27.5. The Morgan fingerprint density at radius 2 is 2.03 bits per heavy atom. The number of anilines is 1. The highest BCUT2D eigenvalue weighted by molar-refractivity contribution is 7.91. The third-order valence-electron chi connectivity index (χ3n) is 5.82. The van der Waals surface area contributed by atoms with E-state index >= 15 is 0 Å². The van der Waals surface area contributed by atoms with Crippen molar-refractivity contribution in [2.45, 2.75) is 49.8 Å². The summed E-state index contributed by atoms with van der Waals surface area (Å²) in [6.45, 7) is 4.14. The maximum atomic E-state index is 12.7. The topological polar surface area (TPSA) is 75.2 Å². The Morgan fingerprint density at radius 1 is 1.21 bits per heavy atom. The smallest absolute Gasteiger partial charge is 0.252 e. The Bertz CT molecular complexity index is 1150. The number of rotatable bonds is 5. The van der Waals surface area contributed by atoms with Gasteiger partial charge < -0.3 is 5.32 Å². The molecule has 29 heavy (non-hydrogen) atoms. The molecule has 1 atom stereocenters. The molecule has 1 N–H and O–H groups in total. The average Bonchev–Trinajstić information content (AvgIpc) is 3.44. The van der Waals surface area contributed by atoms with Gasteiger partial charge in [-0.1, -0.05) is 6.92 Å². The minimum absolute atomic E-state index is 0.436. The lowest BCUT2D eigenvalue weighted by molar-refractivity contribution is 0.479. The molecule has 1 aliphatic carbocycles. The number of thiophene rings is 2. The van der Waals surface area contributed by atoms with Crippen molar-refractivity contribution in [3.05, 3.63) is 33.8 Å². The molecule has 154 valence electrons. The van der Waals surface area contributed by atoms with Gasteiger partial charge in [0.25, 0.3) is 10.0 Å². The quantitative estimate of drug-likeness (QED) is 0.631. The maximum absolute atomic E-state index is 12.7. The number of hydrogen-bond donors (Lipinski definition) is 1. The summed E-state index contributed by atoms with van der Waals surface area (Å²) in [5.74, 6) is 1.58. The Morgan fingerprint density at radius 3 is 2.86 bits per heavy atom. The fourth-order valence-corrected chi connectivity index (χ4v) is 8.54. The number of sulfonamides is 1. The molecule has 9 heteroatoms. The first-order valence-electron chi connectivity index (χ1n) is 10.1. The van der Waals surface area contributed by atoms with E-state index < -0.39 is 10.0 Å². The van der Waals surface area contributed by atoms with Crippen LogP contribution in [-0.4, -0.2) is 35.8 Å². The van der Waals surface area contributed by atoms with Gasteiger partial charge in [0, 0.05) is 22.8 Å². The zero-order valence-corrected chi connectivity index (χ0v) is 18.8. The largest absolute Gasteiger partial charge is 0.365 e. The first-order chi connectivity index (χ1) is 14.0. The summed E-state index contributed by atoms with van der Waals surface area (Å²) in [5, 5.41) is 4.60. The molecule has 2 aliphatic rings. The number of fused-ring (bicyclic) bond motifs is 3. The number of aromatic nitrogens is 2. The van der Waals surface area contributed by atoms with Gasteiger partial charge in [-0.25, -0.2) is 18.4 Å². The van der Waals surface area contributed by atoms with Crippen molar-refractivity contribution in [1.82, 2.24) is 14.3 Å². The van der Waals surface area contributed by atoms with Crippen LogP contribution in [0.2, 0.25) is 0 Å². The second-order valence-electron chi connectivity index (χ2n) is 7.94. The van der Waals surface area contributed by atoms with E-state index in [1.54, 1.807) is 28.0 Å².